The SMILES string of the molecule is CC(N)/C=C\CN. The van der Waals surface area contributed by atoms with Crippen LogP contribution in [0.2, 0.25) is 0 Å². The highest BCUT2D eigenvalue weighted by atomic mass is 14.6. The molecule has 0 aliphatic carbocycles. The largest absolute Gasteiger partial charge is 0.327 e. The predicted molar refractivity (Wildman–Crippen MR) is 31.8 cm³/mol. The van der Waals surface area contributed by atoms with Crippen LogP contribution in [0.4, 0.5) is 0 Å². The van der Waals surface area contributed by atoms with Crippen molar-refractivity contribution in [3.8, 4) is 0 Å². The van der Waals surface area contributed by atoms with Gasteiger partial charge in [0.2, 0.25) is 0 Å². The van der Waals surface area contributed by atoms with E-state index in [2.05, 4.69) is 0 Å². The normalized spacial score (nSPS) is 15.3. The van der Waals surface area contributed by atoms with E-state index in [4.69, 9.17) is 11.5 Å². The van der Waals surface area contributed by atoms with Gasteiger partial charge in [-0.05, 0) is 6.92 Å². The molecule has 0 heterocycles. The molecule has 2 nitrogen and oxygen atoms in total. The molecule has 0 spiro atoms. The van der Waals surface area contributed by atoms with Crippen LogP contribution in [-0.2, 0) is 0 Å². The lowest BCUT2D eigenvalue weighted by atomic mass is 10.3. The van der Waals surface area contributed by atoms with Crippen molar-refractivity contribution < 1.29 is 0 Å². The number of hydrogen-bond donors (Lipinski definition) is 2. The van der Waals surface area contributed by atoms with Gasteiger partial charge in [-0.15, -0.1) is 0 Å². The molecule has 0 fully saturated rings. The first-order valence-corrected chi connectivity index (χ1v) is 2.39. The van der Waals surface area contributed by atoms with E-state index in [1.165, 1.54) is 0 Å². The van der Waals surface area contributed by atoms with Crippen LogP contribution in [0.15, 0.2) is 12.2 Å². The Kier molecular flexibility index (Phi) is 3.65. The topological polar surface area (TPSA) is 52.0 Å². The van der Waals surface area contributed by atoms with E-state index < -0.39 is 0 Å². The Hall–Kier alpha value is -0.340. The van der Waals surface area contributed by atoms with Gasteiger partial charge in [-0.2, -0.15) is 0 Å². The summed E-state index contributed by atoms with van der Waals surface area (Å²) in [6, 6.07) is 0.142. The molecule has 0 aromatic heterocycles. The summed E-state index contributed by atoms with van der Waals surface area (Å²) in [6.07, 6.45) is 3.73. The molecule has 1 unspecified atom stereocenters. The van der Waals surface area contributed by atoms with Crippen molar-refractivity contribution in [3.63, 3.8) is 0 Å². The second-order valence-electron chi connectivity index (χ2n) is 1.52. The fraction of sp³-hybridized carbons (Fsp3) is 0.600. The smallest absolute Gasteiger partial charge is 0.0195 e. The standard InChI is InChI=1S/C5H12N2/c1-5(7)3-2-4-6/h2-3,5H,4,6-7H2,1H3/b3-2-. The summed E-state index contributed by atoms with van der Waals surface area (Å²) < 4.78 is 0. The summed E-state index contributed by atoms with van der Waals surface area (Å²) in [5.74, 6) is 0. The zero-order chi connectivity index (χ0) is 5.70. The molecular formula is C5H12N2. The quantitative estimate of drug-likeness (QED) is 0.474. The minimum absolute atomic E-state index is 0.142. The average molecular weight is 100 g/mol. The Labute approximate surface area is 44.2 Å². The predicted octanol–water partition coefficient (Wildman–Crippen LogP) is -0.151. The summed E-state index contributed by atoms with van der Waals surface area (Å²) >= 11 is 0. The summed E-state index contributed by atoms with van der Waals surface area (Å²) in [7, 11) is 0. The Morgan fingerprint density at radius 3 is 2.43 bits per heavy atom. The van der Waals surface area contributed by atoms with Gasteiger partial charge in [0.15, 0.2) is 0 Å². The molecule has 7 heavy (non-hydrogen) atoms. The van der Waals surface area contributed by atoms with E-state index in [-0.39, 0.29) is 6.04 Å². The molecule has 2 heteroatoms. The molecule has 4 N–H and O–H groups in total. The molecule has 0 saturated carbocycles. The fourth-order valence-electron chi connectivity index (χ4n) is 0.293. The third-order valence-electron chi connectivity index (χ3n) is 0.576. The van der Waals surface area contributed by atoms with Crippen LogP contribution >= 0.6 is 0 Å². The first-order valence-electron chi connectivity index (χ1n) is 2.39. The van der Waals surface area contributed by atoms with Crippen molar-refractivity contribution >= 4 is 0 Å². The minimum atomic E-state index is 0.142. The van der Waals surface area contributed by atoms with E-state index in [1.807, 2.05) is 19.1 Å². The van der Waals surface area contributed by atoms with Gasteiger partial charge in [-0.3, -0.25) is 0 Å². The van der Waals surface area contributed by atoms with E-state index in [0.29, 0.717) is 6.54 Å². The van der Waals surface area contributed by atoms with Crippen molar-refractivity contribution in [2.24, 2.45) is 11.5 Å². The second-order valence-corrected chi connectivity index (χ2v) is 1.52. The van der Waals surface area contributed by atoms with Gasteiger partial charge in [-0.1, -0.05) is 12.2 Å². The highest BCUT2D eigenvalue weighted by molar-refractivity contribution is 4.88. The average Bonchev–Trinajstić information content (AvgIpc) is 1.61. The molecule has 0 rings (SSSR count). The van der Waals surface area contributed by atoms with E-state index in [0.717, 1.165) is 0 Å². The zero-order valence-corrected chi connectivity index (χ0v) is 4.59. The van der Waals surface area contributed by atoms with Crippen molar-refractivity contribution in [2.75, 3.05) is 6.54 Å². The summed E-state index contributed by atoms with van der Waals surface area (Å²) in [5, 5.41) is 0. The first-order chi connectivity index (χ1) is 3.27. The summed E-state index contributed by atoms with van der Waals surface area (Å²) in [4.78, 5) is 0. The van der Waals surface area contributed by atoms with Gasteiger partial charge < -0.3 is 11.5 Å². The molecule has 0 amide bonds. The van der Waals surface area contributed by atoms with Crippen LogP contribution < -0.4 is 11.5 Å². The fourth-order valence-corrected chi connectivity index (χ4v) is 0.293. The second kappa shape index (κ2) is 3.84. The van der Waals surface area contributed by atoms with Crippen LogP contribution in [0, 0.1) is 0 Å². The van der Waals surface area contributed by atoms with Crippen LogP contribution in [0.1, 0.15) is 6.92 Å². The first kappa shape index (κ1) is 6.66. The van der Waals surface area contributed by atoms with E-state index in [1.54, 1.807) is 0 Å². The van der Waals surface area contributed by atoms with Gasteiger partial charge in [-0.25, -0.2) is 0 Å². The Morgan fingerprint density at radius 2 is 2.29 bits per heavy atom. The summed E-state index contributed by atoms with van der Waals surface area (Å²) in [6.45, 7) is 2.49. The molecule has 0 aromatic carbocycles. The molecule has 0 radical (unpaired) electrons. The van der Waals surface area contributed by atoms with Crippen molar-refractivity contribution in [3.05, 3.63) is 12.2 Å². The molecule has 0 aromatic rings. The molecule has 0 aliphatic rings. The highest BCUT2D eigenvalue weighted by Crippen LogP contribution is 1.74. The van der Waals surface area contributed by atoms with Crippen LogP contribution in [-0.4, -0.2) is 12.6 Å². The maximum absolute atomic E-state index is 5.34. The molecule has 0 aliphatic heterocycles. The van der Waals surface area contributed by atoms with Crippen LogP contribution in [0.5, 0.6) is 0 Å². The lowest BCUT2D eigenvalue weighted by Crippen LogP contribution is -2.11. The van der Waals surface area contributed by atoms with Crippen molar-refractivity contribution in [1.29, 1.82) is 0 Å². The molecule has 0 saturated heterocycles. The molecule has 1 atom stereocenters. The monoisotopic (exact) mass is 100 g/mol. The maximum atomic E-state index is 5.34. The molecule has 0 bridgehead atoms. The van der Waals surface area contributed by atoms with Crippen LogP contribution in [0.25, 0.3) is 0 Å². The Balaban J connectivity index is 3.08. The van der Waals surface area contributed by atoms with Gasteiger partial charge in [0.1, 0.15) is 0 Å². The third kappa shape index (κ3) is 5.66. The molecule has 42 valence electrons. The van der Waals surface area contributed by atoms with Gasteiger partial charge in [0.25, 0.3) is 0 Å². The Bertz CT molecular complexity index is 57.1. The number of hydrogen-bond acceptors (Lipinski definition) is 2. The van der Waals surface area contributed by atoms with E-state index in [9.17, 15) is 0 Å². The highest BCUT2D eigenvalue weighted by Gasteiger charge is 1.78. The van der Waals surface area contributed by atoms with E-state index >= 15 is 0 Å². The molecular weight excluding hydrogens is 88.1 g/mol. The van der Waals surface area contributed by atoms with Crippen molar-refractivity contribution in [2.45, 2.75) is 13.0 Å². The maximum Gasteiger partial charge on any atom is 0.0195 e. The number of rotatable bonds is 2. The van der Waals surface area contributed by atoms with Gasteiger partial charge >= 0.3 is 0 Å². The lowest BCUT2D eigenvalue weighted by molar-refractivity contribution is 0.920. The zero-order valence-electron chi connectivity index (χ0n) is 4.59. The van der Waals surface area contributed by atoms with Gasteiger partial charge in [0, 0.05) is 12.6 Å². The van der Waals surface area contributed by atoms with Crippen molar-refractivity contribution in [1.82, 2.24) is 0 Å². The lowest BCUT2D eigenvalue weighted by Gasteiger charge is -1.90. The Morgan fingerprint density at radius 1 is 1.71 bits per heavy atom. The number of nitrogens with two attached hydrogens (primary N) is 2. The minimum Gasteiger partial charge on any atom is -0.327 e. The summed E-state index contributed by atoms with van der Waals surface area (Å²) in [5.41, 5.74) is 10.5. The van der Waals surface area contributed by atoms with Gasteiger partial charge in [0.05, 0.1) is 0 Å². The van der Waals surface area contributed by atoms with Crippen LogP contribution in [0.3, 0.4) is 0 Å². The third-order valence-corrected chi connectivity index (χ3v) is 0.576.